The molecule has 3 N–H and O–H groups in total. The van der Waals surface area contributed by atoms with Gasteiger partial charge >= 0.3 is 0 Å². The van der Waals surface area contributed by atoms with Gasteiger partial charge in [0.25, 0.3) is 0 Å². The van der Waals surface area contributed by atoms with Crippen LogP contribution in [-0.2, 0) is 0 Å². The highest BCUT2D eigenvalue weighted by Gasteiger charge is 2.10. The van der Waals surface area contributed by atoms with E-state index in [4.69, 9.17) is 10.8 Å². The summed E-state index contributed by atoms with van der Waals surface area (Å²) in [6.07, 6.45) is 0. The first-order chi connectivity index (χ1) is 6.06. The molecule has 0 spiro atoms. The van der Waals surface area contributed by atoms with Gasteiger partial charge in [0.2, 0.25) is 0 Å². The maximum atomic E-state index is 8.98. The van der Waals surface area contributed by atoms with Crippen molar-refractivity contribution in [3.8, 4) is 0 Å². The molecule has 0 unspecified atom stereocenters. The average molecular weight is 179 g/mol. The molecule has 72 valence electrons. The van der Waals surface area contributed by atoms with E-state index in [-0.39, 0.29) is 12.6 Å². The molecule has 0 aromatic heterocycles. The van der Waals surface area contributed by atoms with Crippen LogP contribution in [0.4, 0.5) is 0 Å². The third-order valence-electron chi connectivity index (χ3n) is 2.31. The smallest absolute Gasteiger partial charge is 0.0624 e. The first-order valence-corrected chi connectivity index (χ1v) is 4.50. The molecular weight excluding hydrogens is 162 g/mol. The Kier molecular flexibility index (Phi) is 3.07. The van der Waals surface area contributed by atoms with Gasteiger partial charge < -0.3 is 10.8 Å². The molecule has 1 rings (SSSR count). The van der Waals surface area contributed by atoms with E-state index in [2.05, 4.69) is 19.1 Å². The predicted molar refractivity (Wildman–Crippen MR) is 54.7 cm³/mol. The Balaban J connectivity index is 3.20. The van der Waals surface area contributed by atoms with Crippen molar-refractivity contribution in [1.29, 1.82) is 0 Å². The van der Waals surface area contributed by atoms with Gasteiger partial charge in [-0.2, -0.15) is 0 Å². The lowest BCUT2D eigenvalue weighted by molar-refractivity contribution is 0.267. The average Bonchev–Trinajstić information content (AvgIpc) is 2.02. The van der Waals surface area contributed by atoms with Crippen LogP contribution >= 0.6 is 0 Å². The normalized spacial score (nSPS) is 13.0. The second kappa shape index (κ2) is 3.90. The Hall–Kier alpha value is -0.860. The molecule has 0 heterocycles. The minimum absolute atomic E-state index is 0.00470. The molecule has 2 heteroatoms. The molecule has 0 fully saturated rings. The van der Waals surface area contributed by atoms with Crippen LogP contribution in [0.3, 0.4) is 0 Å². The first-order valence-electron chi connectivity index (χ1n) is 4.50. The first kappa shape index (κ1) is 10.2. The number of rotatable bonds is 2. The van der Waals surface area contributed by atoms with Crippen LogP contribution in [0, 0.1) is 20.8 Å². The van der Waals surface area contributed by atoms with Gasteiger partial charge in [-0.3, -0.25) is 0 Å². The zero-order valence-corrected chi connectivity index (χ0v) is 8.46. The van der Waals surface area contributed by atoms with Crippen LogP contribution in [0.15, 0.2) is 12.1 Å². The standard InChI is InChI=1S/C11H17NO/c1-7-4-8(2)11(9(3)5-7)10(12)6-13/h4-5,10,13H,6,12H2,1-3H3/t10-/m1/s1. The Bertz CT molecular complexity index is 284. The largest absolute Gasteiger partial charge is 0.394 e. The van der Waals surface area contributed by atoms with E-state index in [0.717, 1.165) is 5.56 Å². The molecule has 1 atom stereocenters. The van der Waals surface area contributed by atoms with Crippen LogP contribution in [0.1, 0.15) is 28.3 Å². The summed E-state index contributed by atoms with van der Waals surface area (Å²) in [4.78, 5) is 0. The lowest BCUT2D eigenvalue weighted by Crippen LogP contribution is -2.17. The molecule has 1 aromatic rings. The van der Waals surface area contributed by atoms with Crippen molar-refractivity contribution in [2.75, 3.05) is 6.61 Å². The van der Waals surface area contributed by atoms with Gasteiger partial charge in [0.05, 0.1) is 12.6 Å². The molecular formula is C11H17NO. The molecule has 2 nitrogen and oxygen atoms in total. The summed E-state index contributed by atoms with van der Waals surface area (Å²) in [5.41, 5.74) is 10.4. The summed E-state index contributed by atoms with van der Waals surface area (Å²) in [6.45, 7) is 6.13. The van der Waals surface area contributed by atoms with Crippen molar-refractivity contribution in [2.24, 2.45) is 5.73 Å². The van der Waals surface area contributed by atoms with Crippen molar-refractivity contribution >= 4 is 0 Å². The van der Waals surface area contributed by atoms with Crippen molar-refractivity contribution in [3.05, 3.63) is 34.4 Å². The van der Waals surface area contributed by atoms with Crippen LogP contribution in [0.25, 0.3) is 0 Å². The van der Waals surface area contributed by atoms with Gasteiger partial charge in [-0.05, 0) is 37.5 Å². The fourth-order valence-electron chi connectivity index (χ4n) is 1.87. The highest BCUT2D eigenvalue weighted by atomic mass is 16.3. The van der Waals surface area contributed by atoms with Crippen molar-refractivity contribution < 1.29 is 5.11 Å². The minimum atomic E-state index is -0.249. The van der Waals surface area contributed by atoms with Crippen molar-refractivity contribution in [3.63, 3.8) is 0 Å². The second-order valence-electron chi connectivity index (χ2n) is 3.60. The second-order valence-corrected chi connectivity index (χ2v) is 3.60. The Morgan fingerprint density at radius 2 is 1.69 bits per heavy atom. The van der Waals surface area contributed by atoms with Crippen molar-refractivity contribution in [1.82, 2.24) is 0 Å². The molecule has 0 aliphatic rings. The number of aliphatic hydroxyl groups excluding tert-OH is 1. The van der Waals surface area contributed by atoms with E-state index in [1.54, 1.807) is 0 Å². The maximum absolute atomic E-state index is 8.98. The lowest BCUT2D eigenvalue weighted by atomic mass is 9.95. The molecule has 0 aliphatic heterocycles. The number of benzene rings is 1. The van der Waals surface area contributed by atoms with Crippen LogP contribution in [0.5, 0.6) is 0 Å². The maximum Gasteiger partial charge on any atom is 0.0624 e. The summed E-state index contributed by atoms with van der Waals surface area (Å²) < 4.78 is 0. The highest BCUT2D eigenvalue weighted by Crippen LogP contribution is 2.21. The van der Waals surface area contributed by atoms with Gasteiger partial charge in [0, 0.05) is 0 Å². The quantitative estimate of drug-likeness (QED) is 0.724. The number of aryl methyl sites for hydroxylation is 3. The van der Waals surface area contributed by atoms with E-state index >= 15 is 0 Å². The molecule has 1 aromatic carbocycles. The van der Waals surface area contributed by atoms with Crippen LogP contribution < -0.4 is 5.73 Å². The lowest BCUT2D eigenvalue weighted by Gasteiger charge is -2.16. The number of nitrogens with two attached hydrogens (primary N) is 1. The number of hydrogen-bond acceptors (Lipinski definition) is 2. The van der Waals surface area contributed by atoms with Gasteiger partial charge in [-0.25, -0.2) is 0 Å². The van der Waals surface area contributed by atoms with Gasteiger partial charge in [-0.15, -0.1) is 0 Å². The van der Waals surface area contributed by atoms with E-state index in [1.165, 1.54) is 16.7 Å². The number of aliphatic hydroxyl groups is 1. The third kappa shape index (κ3) is 2.08. The van der Waals surface area contributed by atoms with E-state index < -0.39 is 0 Å². The van der Waals surface area contributed by atoms with Crippen LogP contribution in [0.2, 0.25) is 0 Å². The molecule has 0 radical (unpaired) electrons. The van der Waals surface area contributed by atoms with Gasteiger partial charge in [0.15, 0.2) is 0 Å². The van der Waals surface area contributed by atoms with E-state index in [0.29, 0.717) is 0 Å². The molecule has 0 aliphatic carbocycles. The number of hydrogen-bond donors (Lipinski definition) is 2. The molecule has 0 bridgehead atoms. The monoisotopic (exact) mass is 179 g/mol. The Morgan fingerprint density at radius 3 is 2.08 bits per heavy atom. The molecule has 13 heavy (non-hydrogen) atoms. The minimum Gasteiger partial charge on any atom is -0.394 e. The zero-order chi connectivity index (χ0) is 10.0. The summed E-state index contributed by atoms with van der Waals surface area (Å²) in [6, 6.07) is 3.94. The summed E-state index contributed by atoms with van der Waals surface area (Å²) in [5, 5.41) is 8.98. The topological polar surface area (TPSA) is 46.2 Å². The summed E-state index contributed by atoms with van der Waals surface area (Å²) in [5.74, 6) is 0. The summed E-state index contributed by atoms with van der Waals surface area (Å²) >= 11 is 0. The summed E-state index contributed by atoms with van der Waals surface area (Å²) in [7, 11) is 0. The Morgan fingerprint density at radius 1 is 1.23 bits per heavy atom. The Labute approximate surface area is 79.4 Å². The zero-order valence-electron chi connectivity index (χ0n) is 8.46. The SMILES string of the molecule is Cc1cc(C)c([C@H](N)CO)c(C)c1. The van der Waals surface area contributed by atoms with E-state index in [1.807, 2.05) is 13.8 Å². The van der Waals surface area contributed by atoms with E-state index in [9.17, 15) is 0 Å². The molecule has 0 saturated heterocycles. The van der Waals surface area contributed by atoms with Crippen LogP contribution in [-0.4, -0.2) is 11.7 Å². The third-order valence-corrected chi connectivity index (χ3v) is 2.31. The van der Waals surface area contributed by atoms with Gasteiger partial charge in [-0.1, -0.05) is 17.7 Å². The fraction of sp³-hybridized carbons (Fsp3) is 0.455. The molecule has 0 saturated carbocycles. The highest BCUT2D eigenvalue weighted by molar-refractivity contribution is 5.39. The fourth-order valence-corrected chi connectivity index (χ4v) is 1.87. The van der Waals surface area contributed by atoms with Gasteiger partial charge in [0.1, 0.15) is 0 Å². The predicted octanol–water partition coefficient (Wildman–Crippen LogP) is 1.60. The molecule has 0 amide bonds. The van der Waals surface area contributed by atoms with Crippen molar-refractivity contribution in [2.45, 2.75) is 26.8 Å².